The molecule has 0 radical (unpaired) electrons. The fraction of sp³-hybridized carbons (Fsp3) is 0.875. The van der Waals surface area contributed by atoms with Crippen molar-refractivity contribution in [3.63, 3.8) is 0 Å². The fourth-order valence-corrected chi connectivity index (χ4v) is 11.2. The number of aliphatic hydroxyl groups excluding tert-OH is 20. The molecule has 0 saturated carbocycles. The molecule has 14 bridgehead atoms. The van der Waals surface area contributed by atoms with Gasteiger partial charge in [-0.25, -0.2) is 0 Å². The van der Waals surface area contributed by atoms with E-state index in [-0.39, 0.29) is 6.54 Å². The fourth-order valence-electron chi connectivity index (χ4n) is 11.2. The molecule has 35 heteroatoms. The summed E-state index contributed by atoms with van der Waals surface area (Å²) in [5.41, 5.74) is 0.488. The van der Waals surface area contributed by atoms with E-state index in [1.807, 2.05) is 0 Å². The van der Waals surface area contributed by atoms with E-state index in [1.54, 1.807) is 30.3 Å². The molecule has 0 aliphatic carbocycles. The lowest BCUT2D eigenvalue weighted by molar-refractivity contribution is -0.396. The molecule has 1 aromatic carbocycles. The summed E-state index contributed by atoms with van der Waals surface area (Å²) < 4.78 is 81.2. The number of para-hydroxylation sites is 1. The molecule has 35 atom stereocenters. The SMILES string of the molecule is OC[C@H]1O[C@@H]2O[C@H]3[C@H](O)[C@@H](O)[C@@H](O[C@H]4[C@H](O)[C@@H](O)[C@@H](O[C@H]5[C@H](O)[C@@H](O)[C@@H](O[C@H]6[C@H](O)[C@@H](O)[C@@H](O[C@H]7[C@H](O)[C@@H](O)[C@@H](O[C@H]8[C@H](O)[C@@H](O)[C@@H](O[C@H]1[C@H](O)[C@H]2O)O[C@@H]8CO)O[C@@H]7CO)O[C@@H]6CO)O[C@@H]5CNc1ccccc1)O[C@@H]4CO)O[C@@H]3CO. The molecule has 0 amide bonds. The van der Waals surface area contributed by atoms with Gasteiger partial charge in [-0.3, -0.25) is 0 Å². The van der Waals surface area contributed by atoms with E-state index in [4.69, 9.17) is 66.3 Å². The number of hydrogen-bond acceptors (Lipinski definition) is 35. The summed E-state index contributed by atoms with van der Waals surface area (Å²) in [5.74, 6) is 0. The molecule has 21 aliphatic heterocycles. The first kappa shape index (κ1) is 65.1. The van der Waals surface area contributed by atoms with Crippen LogP contribution in [0.3, 0.4) is 0 Å². The molecule has 0 spiro atoms. The Balaban J connectivity index is 1.01. The highest BCUT2D eigenvalue weighted by Gasteiger charge is 2.59. The van der Waals surface area contributed by atoms with Crippen LogP contribution in [-0.2, 0) is 66.3 Å². The topological polar surface area (TPSA) is 546 Å². The minimum absolute atomic E-state index is 0.307. The Kier molecular flexibility index (Phi) is 22.0. The van der Waals surface area contributed by atoms with Gasteiger partial charge in [0.25, 0.3) is 0 Å². The Labute approximate surface area is 470 Å². The van der Waals surface area contributed by atoms with Gasteiger partial charge in [-0.05, 0) is 12.1 Å². The third-order valence-corrected chi connectivity index (χ3v) is 15.9. The summed E-state index contributed by atoms with van der Waals surface area (Å²) in [6.45, 7) is -6.52. The van der Waals surface area contributed by atoms with Crippen molar-refractivity contribution in [1.29, 1.82) is 0 Å². The summed E-state index contributed by atoms with van der Waals surface area (Å²) in [6.07, 6.45) is -69.3. The van der Waals surface area contributed by atoms with Gasteiger partial charge in [0.05, 0.1) is 39.6 Å². The lowest BCUT2D eigenvalue weighted by atomic mass is 9.95. The van der Waals surface area contributed by atoms with Crippen molar-refractivity contribution in [3.8, 4) is 0 Å². The van der Waals surface area contributed by atoms with Gasteiger partial charge in [-0.1, -0.05) is 18.2 Å². The average Bonchev–Trinajstić information content (AvgIpc) is 3.65. The van der Waals surface area contributed by atoms with Crippen LogP contribution in [0.4, 0.5) is 5.69 Å². The van der Waals surface area contributed by atoms with Crippen molar-refractivity contribution in [2.75, 3.05) is 51.5 Å². The van der Waals surface area contributed by atoms with E-state index in [9.17, 15) is 102 Å². The maximum absolute atomic E-state index is 11.8. The zero-order valence-corrected chi connectivity index (χ0v) is 43.7. The number of ether oxygens (including phenoxy) is 14. The van der Waals surface area contributed by atoms with E-state index >= 15 is 0 Å². The monoisotopic (exact) mass is 1210 g/mol. The largest absolute Gasteiger partial charge is 0.394 e. The Morgan fingerprint density at radius 3 is 0.614 bits per heavy atom. The molecular weight excluding hydrogens is 1130 g/mol. The Bertz CT molecular complexity index is 2140. The molecule has 22 rings (SSSR count). The van der Waals surface area contributed by atoms with E-state index in [1.165, 1.54) is 0 Å². The number of rotatable bonds is 9. The summed E-state index contributed by atoms with van der Waals surface area (Å²) in [5, 5.41) is 226. The highest BCUT2D eigenvalue weighted by atomic mass is 16.8. The molecule has 0 aromatic heterocycles. The van der Waals surface area contributed by atoms with Crippen molar-refractivity contribution in [1.82, 2.24) is 0 Å². The Morgan fingerprint density at radius 2 is 0.422 bits per heavy atom. The van der Waals surface area contributed by atoms with Crippen molar-refractivity contribution >= 4 is 5.69 Å². The molecule has 21 saturated heterocycles. The molecule has 83 heavy (non-hydrogen) atoms. The van der Waals surface area contributed by atoms with Gasteiger partial charge < -0.3 is 174 Å². The number of nitrogens with one attached hydrogen (secondary N) is 1. The average molecular weight is 1210 g/mol. The van der Waals surface area contributed by atoms with Crippen molar-refractivity contribution in [3.05, 3.63) is 30.3 Å². The van der Waals surface area contributed by atoms with Gasteiger partial charge in [-0.15, -0.1) is 0 Å². The molecular formula is C48H75NO34. The van der Waals surface area contributed by atoms with Crippen LogP contribution in [-0.4, -0.2) is 363 Å². The maximum atomic E-state index is 11.8. The van der Waals surface area contributed by atoms with E-state index < -0.39 is 255 Å². The second kappa shape index (κ2) is 28.0. The zero-order chi connectivity index (χ0) is 59.9. The first-order valence-corrected chi connectivity index (χ1v) is 26.8. The maximum Gasteiger partial charge on any atom is 0.187 e. The van der Waals surface area contributed by atoms with Crippen LogP contribution in [0.25, 0.3) is 0 Å². The highest BCUT2D eigenvalue weighted by Crippen LogP contribution is 2.39. The minimum Gasteiger partial charge on any atom is -0.394 e. The van der Waals surface area contributed by atoms with Crippen LogP contribution >= 0.6 is 0 Å². The lowest BCUT2D eigenvalue weighted by Crippen LogP contribution is -2.68. The molecule has 21 heterocycles. The predicted molar refractivity (Wildman–Crippen MR) is 256 cm³/mol. The number of hydrogen-bond donors (Lipinski definition) is 21. The second-order valence-electron chi connectivity index (χ2n) is 21.2. The second-order valence-corrected chi connectivity index (χ2v) is 21.2. The van der Waals surface area contributed by atoms with Gasteiger partial charge in [0.2, 0.25) is 0 Å². The Hall–Kier alpha value is -2.34. The van der Waals surface area contributed by atoms with Crippen LogP contribution in [0.1, 0.15) is 0 Å². The quantitative estimate of drug-likeness (QED) is 0.109. The predicted octanol–water partition coefficient (Wildman–Crippen LogP) is -13.1. The van der Waals surface area contributed by atoms with E-state index in [0.29, 0.717) is 5.69 Å². The first-order valence-electron chi connectivity index (χ1n) is 26.8. The minimum atomic E-state index is -2.21. The molecule has 1 aromatic rings. The summed E-state index contributed by atoms with van der Waals surface area (Å²) in [7, 11) is 0. The van der Waals surface area contributed by atoms with Gasteiger partial charge in [-0.2, -0.15) is 0 Å². The van der Waals surface area contributed by atoms with Crippen molar-refractivity contribution < 1.29 is 168 Å². The molecule has 35 nitrogen and oxygen atoms in total. The first-order chi connectivity index (χ1) is 39.7. The van der Waals surface area contributed by atoms with Gasteiger partial charge >= 0.3 is 0 Å². The van der Waals surface area contributed by atoms with E-state index in [0.717, 1.165) is 0 Å². The Morgan fingerprint density at radius 1 is 0.241 bits per heavy atom. The van der Waals surface area contributed by atoms with Crippen molar-refractivity contribution in [2.24, 2.45) is 0 Å². The molecule has 21 fully saturated rings. The van der Waals surface area contributed by atoms with E-state index in [2.05, 4.69) is 5.32 Å². The van der Waals surface area contributed by atoms with Crippen LogP contribution in [0.2, 0.25) is 0 Å². The normalized spacial score (nSPS) is 52.1. The third-order valence-electron chi connectivity index (χ3n) is 15.9. The lowest BCUT2D eigenvalue weighted by Gasteiger charge is -2.50. The van der Waals surface area contributed by atoms with Crippen LogP contribution in [0, 0.1) is 0 Å². The number of aliphatic hydroxyl groups is 20. The van der Waals surface area contributed by atoms with Crippen molar-refractivity contribution in [2.45, 2.75) is 215 Å². The van der Waals surface area contributed by atoms with Crippen LogP contribution in [0.5, 0.6) is 0 Å². The standard InChI is InChI=1S/C48H75NO34/c50-7-15-36-23(58)30(65)44(72-15)80-38-17(9-52)74-46(32(67)25(38)60)82-40-19(11-54)76-48(34(69)27(40)62)83-41-20(12-55)75-47(33(68)26(41)61)81-39-18(10-53)73-45(31(66)24(39)59)79-37-16(8-51)71-43(29(64)22(37)57)77-35-14(6-49-13-4-2-1-3-5-13)70-42(78-36)28(63)21(35)56/h1-5,14-69H,6-12H2/t14-,15-,16-,17-,18-,19-,20-,21-,22-,23-,24-,25-,26-,27-,28-,29-,30-,31-,32-,33-,34-,35-,36-,37-,38-,39-,40-,41-,42-,43-,44-,45-,46-,47-,48-/m1/s1. The smallest absolute Gasteiger partial charge is 0.187 e. The molecule has 21 aliphatic rings. The van der Waals surface area contributed by atoms with Crippen LogP contribution in [0.15, 0.2) is 30.3 Å². The van der Waals surface area contributed by atoms with Crippen LogP contribution < -0.4 is 5.32 Å². The number of benzene rings is 1. The molecule has 21 N–H and O–H groups in total. The van der Waals surface area contributed by atoms with Gasteiger partial charge in [0, 0.05) is 12.2 Å². The third kappa shape index (κ3) is 13.2. The summed E-state index contributed by atoms with van der Waals surface area (Å²) in [4.78, 5) is 0. The van der Waals surface area contributed by atoms with Gasteiger partial charge in [0.15, 0.2) is 44.0 Å². The number of anilines is 1. The summed E-state index contributed by atoms with van der Waals surface area (Å²) >= 11 is 0. The summed E-state index contributed by atoms with van der Waals surface area (Å²) in [6, 6.07) is 8.36. The molecule has 476 valence electrons. The van der Waals surface area contributed by atoms with Gasteiger partial charge in [0.1, 0.15) is 171 Å². The highest BCUT2D eigenvalue weighted by molar-refractivity contribution is 5.42. The molecule has 0 unspecified atom stereocenters. The zero-order valence-electron chi connectivity index (χ0n) is 43.7.